The van der Waals surface area contributed by atoms with Crippen molar-refractivity contribution < 1.29 is 6.48 Å². The van der Waals surface area contributed by atoms with Crippen molar-refractivity contribution in [1.29, 1.82) is 0 Å². The number of hydrogen-bond donors (Lipinski definition) is 1. The summed E-state index contributed by atoms with van der Waals surface area (Å²) in [5.41, 5.74) is 17.7. The first kappa shape index (κ1) is 38.2. The number of nitrogens with zero attached hydrogens (tertiary/aromatic N) is 3. The highest BCUT2D eigenvalue weighted by molar-refractivity contribution is 5.98. The van der Waals surface area contributed by atoms with Gasteiger partial charge in [0.2, 0.25) is 0 Å². The Morgan fingerprint density at radius 1 is 0.574 bits per heavy atom. The predicted molar refractivity (Wildman–Crippen MR) is 255 cm³/mol. The molecule has 0 atom stereocenters. The molecule has 2 aromatic heterocycles. The number of aryl methyl sites for hydroxylation is 2. The molecular weight excluding hydrogens is 743 g/mol. The molecule has 4 heteroatoms. The van der Waals surface area contributed by atoms with E-state index in [1.165, 1.54) is 5.56 Å². The molecule has 0 bridgehead atoms. The molecule has 0 aliphatic rings. The largest absolute Gasteiger partial charge is 0.507 e. The van der Waals surface area contributed by atoms with Crippen molar-refractivity contribution in [3.05, 3.63) is 192 Å². The maximum absolute atomic E-state index is 11.8. The van der Waals surface area contributed by atoms with Crippen molar-refractivity contribution in [2.45, 2.75) is 59.8 Å². The molecule has 2 heterocycles. The molecule has 0 aliphatic heterocycles. The van der Waals surface area contributed by atoms with Crippen LogP contribution in [0.1, 0.15) is 64.1 Å². The second kappa shape index (κ2) is 15.9. The van der Waals surface area contributed by atoms with Crippen LogP contribution in [-0.4, -0.2) is 19.6 Å². The van der Waals surface area contributed by atoms with Crippen LogP contribution in [0.15, 0.2) is 170 Å². The van der Waals surface area contributed by atoms with Gasteiger partial charge in [0.05, 0.1) is 28.0 Å². The summed E-state index contributed by atoms with van der Waals surface area (Å²) in [7, 11) is 0. The van der Waals surface area contributed by atoms with Crippen LogP contribution in [0.2, 0.25) is 0 Å². The lowest BCUT2D eigenvalue weighted by molar-refractivity contribution is 0.472. The second-order valence-electron chi connectivity index (χ2n) is 17.4. The number of aromatic hydroxyl groups is 1. The summed E-state index contributed by atoms with van der Waals surface area (Å²) in [5, 5.41) is 11.8. The number of fused-ring (bicyclic) bond motifs is 1. The maximum Gasteiger partial charge on any atom is 0.149 e. The monoisotopic (exact) mass is 794 g/mol. The molecule has 300 valence electrons. The van der Waals surface area contributed by atoms with Crippen LogP contribution in [0.25, 0.3) is 83.9 Å². The van der Waals surface area contributed by atoms with Crippen LogP contribution < -0.4 is 0 Å². The predicted octanol–water partition coefficient (Wildman–Crippen LogP) is 15.2. The number of pyridine rings is 1. The van der Waals surface area contributed by atoms with Crippen LogP contribution in [0.4, 0.5) is 0 Å². The molecule has 0 saturated carbocycles. The second-order valence-corrected chi connectivity index (χ2v) is 17.4. The molecule has 7 aromatic carbocycles. The van der Waals surface area contributed by atoms with E-state index in [0.717, 1.165) is 89.2 Å². The molecule has 9 rings (SSSR count). The summed E-state index contributed by atoms with van der Waals surface area (Å²) in [4.78, 5) is 10.5. The SMILES string of the molecule is [2H]C(C)(C)c1ccc(-c2ccnc(-c3cc(-c4ccccc4)cc(-c4cccc5c4nc(-c4cc(C)cc(C)c4O)n5-c4ccc(-c5ccccc5)cc4C(C)(C)C)c3)c2)cc1. The van der Waals surface area contributed by atoms with Crippen LogP contribution >= 0.6 is 0 Å². The minimum atomic E-state index is -0.670. The number of phenols is 1. The third-order valence-corrected chi connectivity index (χ3v) is 11.7. The first-order chi connectivity index (χ1) is 29.7. The summed E-state index contributed by atoms with van der Waals surface area (Å²) in [5.74, 6) is 0.240. The van der Waals surface area contributed by atoms with Gasteiger partial charge in [-0.2, -0.15) is 0 Å². The van der Waals surface area contributed by atoms with Gasteiger partial charge in [0, 0.05) is 18.7 Å². The van der Waals surface area contributed by atoms with Gasteiger partial charge in [0.1, 0.15) is 11.6 Å². The number of benzene rings is 7. The number of hydrogen-bond acceptors (Lipinski definition) is 3. The lowest BCUT2D eigenvalue weighted by Gasteiger charge is -2.26. The van der Waals surface area contributed by atoms with Crippen molar-refractivity contribution in [3.8, 4) is 78.6 Å². The van der Waals surface area contributed by atoms with Gasteiger partial charge in [-0.05, 0) is 141 Å². The third kappa shape index (κ3) is 7.66. The fourth-order valence-electron chi connectivity index (χ4n) is 8.52. The molecule has 0 spiro atoms. The van der Waals surface area contributed by atoms with E-state index in [9.17, 15) is 5.11 Å². The van der Waals surface area contributed by atoms with Gasteiger partial charge < -0.3 is 5.11 Å². The molecule has 0 aliphatic carbocycles. The average molecular weight is 795 g/mol. The minimum absolute atomic E-state index is 0.225. The molecule has 4 nitrogen and oxygen atoms in total. The van der Waals surface area contributed by atoms with Gasteiger partial charge in [-0.25, -0.2) is 4.98 Å². The average Bonchev–Trinajstić information content (AvgIpc) is 3.67. The highest BCUT2D eigenvalue weighted by atomic mass is 16.3. The number of phenolic OH excluding ortho intramolecular Hbond substituents is 1. The van der Waals surface area contributed by atoms with Gasteiger partial charge >= 0.3 is 0 Å². The Labute approximate surface area is 361 Å². The zero-order chi connectivity index (χ0) is 43.3. The Morgan fingerprint density at radius 2 is 1.20 bits per heavy atom. The number of rotatable bonds is 8. The molecule has 0 radical (unpaired) electrons. The Balaban J connectivity index is 1.28. The van der Waals surface area contributed by atoms with Crippen molar-refractivity contribution in [2.75, 3.05) is 0 Å². The lowest BCUT2D eigenvalue weighted by atomic mass is 9.83. The first-order valence-corrected chi connectivity index (χ1v) is 21.0. The van der Waals surface area contributed by atoms with Gasteiger partial charge in [0.15, 0.2) is 0 Å². The van der Waals surface area contributed by atoms with Crippen LogP contribution in [-0.2, 0) is 5.41 Å². The van der Waals surface area contributed by atoms with E-state index in [4.69, 9.17) is 11.3 Å². The van der Waals surface area contributed by atoms with E-state index in [2.05, 4.69) is 154 Å². The zero-order valence-electron chi connectivity index (χ0n) is 37.0. The minimum Gasteiger partial charge on any atom is -0.507 e. The normalized spacial score (nSPS) is 12.1. The third-order valence-electron chi connectivity index (χ3n) is 11.7. The standard InChI is InChI=1S/C57H51N3O/c1-36(2)39-21-23-42(24-22-39)44-27-28-58-51(35-44)47-32-45(41-17-12-9-13-18-41)31-46(33-47)48-19-14-20-53-54(48)59-56(49-30-37(3)29-38(4)55(49)61)60(53)52-26-25-43(34-50(52)57(5,6)7)40-15-10-8-11-16-40/h8-36,61H,1-7H3/i36D. The van der Waals surface area contributed by atoms with Crippen LogP contribution in [0.5, 0.6) is 5.75 Å². The molecular formula is C57H51N3O. The first-order valence-electron chi connectivity index (χ1n) is 21.5. The van der Waals surface area contributed by atoms with Crippen molar-refractivity contribution >= 4 is 11.0 Å². The van der Waals surface area contributed by atoms with Crippen molar-refractivity contribution in [3.63, 3.8) is 0 Å². The summed E-state index contributed by atoms with van der Waals surface area (Å²) in [6, 6.07) is 57.4. The molecule has 0 unspecified atom stereocenters. The van der Waals surface area contributed by atoms with E-state index in [0.29, 0.717) is 11.4 Å². The Hall–Kier alpha value is -7.04. The van der Waals surface area contributed by atoms with Gasteiger partial charge in [-0.1, -0.05) is 144 Å². The fraction of sp³-hybridized carbons (Fsp3) is 0.158. The zero-order valence-corrected chi connectivity index (χ0v) is 36.0. The van der Waals surface area contributed by atoms with E-state index in [1.807, 2.05) is 69.4 Å². The summed E-state index contributed by atoms with van der Waals surface area (Å²) >= 11 is 0. The van der Waals surface area contributed by atoms with Gasteiger partial charge in [0.25, 0.3) is 0 Å². The van der Waals surface area contributed by atoms with E-state index in [1.54, 1.807) is 0 Å². The van der Waals surface area contributed by atoms with Crippen LogP contribution in [0, 0.1) is 13.8 Å². The molecule has 61 heavy (non-hydrogen) atoms. The highest BCUT2D eigenvalue weighted by Gasteiger charge is 2.26. The molecule has 0 amide bonds. The van der Waals surface area contributed by atoms with Gasteiger partial charge in [-0.3, -0.25) is 9.55 Å². The quantitative estimate of drug-likeness (QED) is 0.167. The molecule has 9 aromatic rings. The summed E-state index contributed by atoms with van der Waals surface area (Å²) < 4.78 is 10.8. The summed E-state index contributed by atoms with van der Waals surface area (Å²) in [6.45, 7) is 14.6. The Bertz CT molecular complexity index is 3100. The Morgan fingerprint density at radius 3 is 1.89 bits per heavy atom. The lowest BCUT2D eigenvalue weighted by Crippen LogP contribution is -2.16. The Kier molecular flexibility index (Phi) is 9.92. The maximum atomic E-state index is 11.8. The van der Waals surface area contributed by atoms with Crippen LogP contribution in [0.3, 0.4) is 0 Å². The topological polar surface area (TPSA) is 50.9 Å². The summed E-state index contributed by atoms with van der Waals surface area (Å²) in [6.07, 6.45) is 1.88. The van der Waals surface area contributed by atoms with E-state index in [-0.39, 0.29) is 11.2 Å². The molecule has 0 saturated heterocycles. The number of imidazole rings is 1. The highest BCUT2D eigenvalue weighted by Crippen LogP contribution is 2.43. The van der Waals surface area contributed by atoms with Crippen molar-refractivity contribution in [1.82, 2.24) is 14.5 Å². The number of aromatic nitrogens is 3. The smallest absolute Gasteiger partial charge is 0.149 e. The van der Waals surface area contributed by atoms with E-state index >= 15 is 0 Å². The van der Waals surface area contributed by atoms with E-state index < -0.39 is 5.89 Å². The fourth-order valence-corrected chi connectivity index (χ4v) is 8.52. The molecule has 1 N–H and O–H groups in total. The number of para-hydroxylation sites is 1. The van der Waals surface area contributed by atoms with Gasteiger partial charge in [-0.15, -0.1) is 0 Å². The van der Waals surface area contributed by atoms with Crippen molar-refractivity contribution in [2.24, 2.45) is 0 Å². The molecule has 0 fully saturated rings.